The number of hydrogen-bond acceptors (Lipinski definition) is 3. The molecule has 0 spiro atoms. The van der Waals surface area contributed by atoms with Crippen molar-refractivity contribution in [3.8, 4) is 0 Å². The van der Waals surface area contributed by atoms with E-state index in [1.807, 2.05) is 25.7 Å². The second-order valence-corrected chi connectivity index (χ2v) is 6.38. The van der Waals surface area contributed by atoms with Gasteiger partial charge >= 0.3 is 6.09 Å². The van der Waals surface area contributed by atoms with Crippen molar-refractivity contribution in [1.29, 1.82) is 0 Å². The Morgan fingerprint density at radius 1 is 1.39 bits per heavy atom. The van der Waals surface area contributed by atoms with E-state index in [4.69, 9.17) is 4.74 Å². The minimum Gasteiger partial charge on any atom is -0.444 e. The molecule has 2 unspecified atom stereocenters. The molecule has 0 aromatic heterocycles. The van der Waals surface area contributed by atoms with Crippen molar-refractivity contribution >= 4 is 6.09 Å². The van der Waals surface area contributed by atoms with Crippen LogP contribution in [0.15, 0.2) is 0 Å². The Morgan fingerprint density at radius 2 is 2.06 bits per heavy atom. The van der Waals surface area contributed by atoms with Gasteiger partial charge in [0.1, 0.15) is 5.60 Å². The highest BCUT2D eigenvalue weighted by Gasteiger charge is 2.30. The van der Waals surface area contributed by atoms with Gasteiger partial charge in [-0.1, -0.05) is 13.8 Å². The van der Waals surface area contributed by atoms with E-state index in [1.54, 1.807) is 0 Å². The van der Waals surface area contributed by atoms with Crippen molar-refractivity contribution in [3.63, 3.8) is 0 Å². The SMILES string of the molecule is CCCNC1CC(C)CN(C(=O)OC(C)(C)C)C1. The lowest BCUT2D eigenvalue weighted by atomic mass is 9.96. The van der Waals surface area contributed by atoms with Gasteiger partial charge in [0.25, 0.3) is 0 Å². The summed E-state index contributed by atoms with van der Waals surface area (Å²) in [6.45, 7) is 12.7. The lowest BCUT2D eigenvalue weighted by Crippen LogP contribution is -2.52. The lowest BCUT2D eigenvalue weighted by molar-refractivity contribution is 0.0138. The van der Waals surface area contributed by atoms with Gasteiger partial charge in [0.05, 0.1) is 0 Å². The standard InChI is InChI=1S/C14H28N2O2/c1-6-7-15-12-8-11(2)9-16(10-12)13(17)18-14(3,4)5/h11-12,15H,6-10H2,1-5H3. The van der Waals surface area contributed by atoms with Crippen molar-refractivity contribution in [3.05, 3.63) is 0 Å². The molecule has 1 rings (SSSR count). The fraction of sp³-hybridized carbons (Fsp3) is 0.929. The van der Waals surface area contributed by atoms with Crippen LogP contribution in [0.2, 0.25) is 0 Å². The minimum atomic E-state index is -0.413. The topological polar surface area (TPSA) is 41.6 Å². The maximum absolute atomic E-state index is 12.1. The highest BCUT2D eigenvalue weighted by atomic mass is 16.6. The molecule has 0 aromatic rings. The van der Waals surface area contributed by atoms with E-state index >= 15 is 0 Å². The number of nitrogens with one attached hydrogen (secondary N) is 1. The molecular weight excluding hydrogens is 228 g/mol. The van der Waals surface area contributed by atoms with Crippen molar-refractivity contribution in [2.24, 2.45) is 5.92 Å². The van der Waals surface area contributed by atoms with Crippen molar-refractivity contribution in [1.82, 2.24) is 10.2 Å². The van der Waals surface area contributed by atoms with Gasteiger partial charge in [-0.2, -0.15) is 0 Å². The molecular formula is C14H28N2O2. The first-order valence-corrected chi connectivity index (χ1v) is 7.03. The molecule has 18 heavy (non-hydrogen) atoms. The summed E-state index contributed by atoms with van der Waals surface area (Å²) in [6.07, 6.45) is 2.08. The summed E-state index contributed by atoms with van der Waals surface area (Å²) in [4.78, 5) is 13.9. The van der Waals surface area contributed by atoms with E-state index in [0.717, 1.165) is 32.5 Å². The number of ether oxygens (including phenoxy) is 1. The number of nitrogens with zero attached hydrogens (tertiary/aromatic N) is 1. The predicted octanol–water partition coefficient (Wildman–Crippen LogP) is 2.63. The fourth-order valence-corrected chi connectivity index (χ4v) is 2.32. The molecule has 0 aliphatic carbocycles. The molecule has 1 heterocycles. The van der Waals surface area contributed by atoms with Gasteiger partial charge in [0.2, 0.25) is 0 Å². The average molecular weight is 256 g/mol. The van der Waals surface area contributed by atoms with Crippen molar-refractivity contribution in [2.45, 2.75) is 59.1 Å². The highest BCUT2D eigenvalue weighted by molar-refractivity contribution is 5.68. The largest absolute Gasteiger partial charge is 0.444 e. The minimum absolute atomic E-state index is 0.183. The highest BCUT2D eigenvalue weighted by Crippen LogP contribution is 2.19. The number of amides is 1. The average Bonchev–Trinajstić information content (AvgIpc) is 2.23. The van der Waals surface area contributed by atoms with E-state index in [2.05, 4.69) is 19.2 Å². The van der Waals surface area contributed by atoms with Crippen LogP contribution in [-0.2, 0) is 4.74 Å². The molecule has 1 N–H and O–H groups in total. The van der Waals surface area contributed by atoms with Crippen LogP contribution in [0.1, 0.15) is 47.5 Å². The molecule has 0 bridgehead atoms. The van der Waals surface area contributed by atoms with Gasteiger partial charge in [-0.25, -0.2) is 4.79 Å². The normalized spacial score (nSPS) is 25.1. The maximum atomic E-state index is 12.1. The smallest absolute Gasteiger partial charge is 0.410 e. The predicted molar refractivity (Wildman–Crippen MR) is 73.7 cm³/mol. The van der Waals surface area contributed by atoms with Gasteiger partial charge in [-0.05, 0) is 46.1 Å². The number of piperidine rings is 1. The zero-order valence-electron chi connectivity index (χ0n) is 12.5. The Labute approximate surface area is 111 Å². The van der Waals surface area contributed by atoms with E-state index in [9.17, 15) is 4.79 Å². The van der Waals surface area contributed by atoms with Crippen LogP contribution in [0.25, 0.3) is 0 Å². The molecule has 1 fully saturated rings. The second-order valence-electron chi connectivity index (χ2n) is 6.38. The van der Waals surface area contributed by atoms with Crippen LogP contribution in [0, 0.1) is 5.92 Å². The number of carbonyl (C=O) groups excluding carboxylic acids is 1. The summed E-state index contributed by atoms with van der Waals surface area (Å²) in [6, 6.07) is 0.404. The van der Waals surface area contributed by atoms with E-state index in [0.29, 0.717) is 12.0 Å². The summed E-state index contributed by atoms with van der Waals surface area (Å²) in [5.41, 5.74) is -0.413. The number of carbonyl (C=O) groups is 1. The maximum Gasteiger partial charge on any atom is 0.410 e. The Bertz CT molecular complexity index is 273. The Hall–Kier alpha value is -0.770. The van der Waals surface area contributed by atoms with Gasteiger partial charge in [0, 0.05) is 19.1 Å². The molecule has 1 aliphatic rings. The molecule has 1 saturated heterocycles. The Balaban J connectivity index is 2.52. The summed E-state index contributed by atoms with van der Waals surface area (Å²) >= 11 is 0. The summed E-state index contributed by atoms with van der Waals surface area (Å²) in [5.74, 6) is 0.528. The lowest BCUT2D eigenvalue weighted by Gasteiger charge is -2.37. The summed E-state index contributed by atoms with van der Waals surface area (Å²) in [5, 5.41) is 3.50. The first kappa shape index (κ1) is 15.3. The second kappa shape index (κ2) is 6.41. The first-order valence-electron chi connectivity index (χ1n) is 7.03. The third-order valence-corrected chi connectivity index (χ3v) is 2.99. The van der Waals surface area contributed by atoms with E-state index < -0.39 is 5.60 Å². The Morgan fingerprint density at radius 3 is 2.61 bits per heavy atom. The molecule has 0 radical (unpaired) electrons. The zero-order valence-corrected chi connectivity index (χ0v) is 12.5. The third kappa shape index (κ3) is 5.25. The van der Waals surface area contributed by atoms with Crippen LogP contribution in [0.5, 0.6) is 0 Å². The van der Waals surface area contributed by atoms with Gasteiger partial charge in [-0.15, -0.1) is 0 Å². The summed E-state index contributed by atoms with van der Waals surface area (Å²) in [7, 11) is 0. The number of likely N-dealkylation sites (tertiary alicyclic amines) is 1. The quantitative estimate of drug-likeness (QED) is 0.844. The molecule has 106 valence electrons. The van der Waals surface area contributed by atoms with Crippen LogP contribution < -0.4 is 5.32 Å². The Kier molecular flexibility index (Phi) is 5.45. The summed E-state index contributed by atoms with van der Waals surface area (Å²) < 4.78 is 5.44. The van der Waals surface area contributed by atoms with Crippen molar-refractivity contribution < 1.29 is 9.53 Å². The molecule has 0 saturated carbocycles. The van der Waals surface area contributed by atoms with E-state index in [-0.39, 0.29) is 6.09 Å². The molecule has 1 aliphatic heterocycles. The van der Waals surface area contributed by atoms with Gasteiger partial charge in [0.15, 0.2) is 0 Å². The fourth-order valence-electron chi connectivity index (χ4n) is 2.32. The molecule has 4 nitrogen and oxygen atoms in total. The number of rotatable bonds is 3. The van der Waals surface area contributed by atoms with Crippen molar-refractivity contribution in [2.75, 3.05) is 19.6 Å². The molecule has 1 amide bonds. The third-order valence-electron chi connectivity index (χ3n) is 2.99. The van der Waals surface area contributed by atoms with Crippen LogP contribution in [-0.4, -0.2) is 42.3 Å². The number of hydrogen-bond donors (Lipinski definition) is 1. The van der Waals surface area contributed by atoms with Crippen LogP contribution in [0.4, 0.5) is 4.79 Å². The van der Waals surface area contributed by atoms with Gasteiger partial charge in [-0.3, -0.25) is 0 Å². The molecule has 2 atom stereocenters. The zero-order chi connectivity index (χ0) is 13.8. The van der Waals surface area contributed by atoms with Crippen LogP contribution >= 0.6 is 0 Å². The monoisotopic (exact) mass is 256 g/mol. The first-order chi connectivity index (χ1) is 8.31. The van der Waals surface area contributed by atoms with E-state index in [1.165, 1.54) is 0 Å². The molecule has 4 heteroatoms. The van der Waals surface area contributed by atoms with Gasteiger partial charge < -0.3 is 15.0 Å². The molecule has 0 aromatic carbocycles. The van der Waals surface area contributed by atoms with Crippen LogP contribution in [0.3, 0.4) is 0 Å².